The minimum atomic E-state index is 0.847. The van der Waals surface area contributed by atoms with Gasteiger partial charge in [0, 0.05) is 0 Å². The van der Waals surface area contributed by atoms with E-state index in [-0.39, 0.29) is 0 Å². The molecule has 0 nitrogen and oxygen atoms in total. The third-order valence-electron chi connectivity index (χ3n) is 4.36. The van der Waals surface area contributed by atoms with E-state index in [0.29, 0.717) is 0 Å². The van der Waals surface area contributed by atoms with Crippen molar-refractivity contribution >= 4 is 0 Å². The maximum absolute atomic E-state index is 2.50. The molecule has 0 radical (unpaired) electrons. The first-order valence-corrected chi connectivity index (χ1v) is 4.30. The Bertz CT molecular complexity index is 155. The van der Waals surface area contributed by atoms with Gasteiger partial charge < -0.3 is 0 Å². The number of hydrogen-bond acceptors (Lipinski definition) is 0. The van der Waals surface area contributed by atoms with E-state index in [4.69, 9.17) is 0 Å². The summed E-state index contributed by atoms with van der Waals surface area (Å²) in [5.74, 6) is 3.59. The van der Waals surface area contributed by atoms with Gasteiger partial charge in [-0.05, 0) is 48.9 Å². The van der Waals surface area contributed by atoms with Crippen molar-refractivity contribution in [1.82, 2.24) is 0 Å². The van der Waals surface area contributed by atoms with Crippen LogP contribution in [0, 0.1) is 23.2 Å². The van der Waals surface area contributed by atoms with Gasteiger partial charge in [0.1, 0.15) is 0 Å². The van der Waals surface area contributed by atoms with Crippen LogP contribution < -0.4 is 0 Å². The van der Waals surface area contributed by atoms with Crippen LogP contribution in [0.25, 0.3) is 0 Å². The molecule has 4 fully saturated rings. The molecule has 4 atom stereocenters. The summed E-state index contributed by atoms with van der Waals surface area (Å²) in [5, 5.41) is 0. The van der Waals surface area contributed by atoms with Crippen molar-refractivity contribution in [2.24, 2.45) is 23.2 Å². The summed E-state index contributed by atoms with van der Waals surface area (Å²) < 4.78 is 0. The van der Waals surface area contributed by atoms with Crippen molar-refractivity contribution in [3.8, 4) is 0 Å². The molecular weight excluding hydrogens is 108 g/mol. The van der Waals surface area contributed by atoms with Crippen molar-refractivity contribution in [1.29, 1.82) is 0 Å². The highest BCUT2D eigenvalue weighted by Gasteiger charge is 2.63. The highest BCUT2D eigenvalue weighted by molar-refractivity contribution is 5.12. The van der Waals surface area contributed by atoms with E-state index < -0.39 is 0 Å². The smallest absolute Gasteiger partial charge is 0.0292 e. The lowest BCUT2D eigenvalue weighted by atomic mass is 9.35. The second-order valence-electron chi connectivity index (χ2n) is 4.66. The molecule has 50 valence electrons. The molecule has 0 aromatic heterocycles. The highest BCUT2D eigenvalue weighted by atomic mass is 14.7. The summed E-state index contributed by atoms with van der Waals surface area (Å²) in [6.45, 7) is 2.50. The lowest BCUT2D eigenvalue weighted by Gasteiger charge is -2.70. The molecule has 0 amide bonds. The maximum atomic E-state index is 2.50. The van der Waals surface area contributed by atoms with Crippen molar-refractivity contribution in [2.75, 3.05) is 0 Å². The van der Waals surface area contributed by atoms with Gasteiger partial charge in [-0.3, -0.25) is 0 Å². The molecular formula is C9H14. The van der Waals surface area contributed by atoms with Crippen molar-refractivity contribution < 1.29 is 0 Å². The van der Waals surface area contributed by atoms with Crippen LogP contribution in [0.3, 0.4) is 0 Å². The third-order valence-corrected chi connectivity index (χ3v) is 4.36. The zero-order valence-corrected chi connectivity index (χ0v) is 6.06. The van der Waals surface area contributed by atoms with E-state index in [2.05, 4.69) is 6.92 Å². The molecule has 4 rings (SSSR count). The van der Waals surface area contributed by atoms with Gasteiger partial charge >= 0.3 is 0 Å². The topological polar surface area (TPSA) is 0 Å². The summed E-state index contributed by atoms with van der Waals surface area (Å²) in [6, 6.07) is 0. The van der Waals surface area contributed by atoms with Crippen LogP contribution in [-0.2, 0) is 0 Å². The van der Waals surface area contributed by atoms with E-state index in [1.54, 1.807) is 25.7 Å². The molecule has 9 heavy (non-hydrogen) atoms. The Hall–Kier alpha value is 0. The Morgan fingerprint density at radius 3 is 2.56 bits per heavy atom. The summed E-state index contributed by atoms with van der Waals surface area (Å²) in [7, 11) is 0. The van der Waals surface area contributed by atoms with E-state index in [9.17, 15) is 0 Å². The molecule has 0 spiro atoms. The molecule has 0 aromatic rings. The van der Waals surface area contributed by atoms with Crippen LogP contribution in [0.5, 0.6) is 0 Å². The molecule has 0 saturated heterocycles. The molecule has 0 aliphatic heterocycles. The van der Waals surface area contributed by atoms with Crippen molar-refractivity contribution in [2.45, 2.75) is 32.6 Å². The quantitative estimate of drug-likeness (QED) is 0.463. The fourth-order valence-corrected chi connectivity index (χ4v) is 3.58. The summed E-state index contributed by atoms with van der Waals surface area (Å²) in [4.78, 5) is 0. The monoisotopic (exact) mass is 122 g/mol. The molecule has 0 N–H and O–H groups in total. The van der Waals surface area contributed by atoms with Gasteiger partial charge in [0.25, 0.3) is 0 Å². The van der Waals surface area contributed by atoms with E-state index in [0.717, 1.165) is 5.41 Å². The zero-order chi connectivity index (χ0) is 6.06. The molecule has 0 heterocycles. The van der Waals surface area contributed by atoms with Gasteiger partial charge in [0.15, 0.2) is 0 Å². The lowest BCUT2D eigenvalue weighted by molar-refractivity contribution is -0.203. The summed E-state index contributed by atoms with van der Waals surface area (Å²) >= 11 is 0. The predicted molar refractivity (Wildman–Crippen MR) is 37.0 cm³/mol. The van der Waals surface area contributed by atoms with Gasteiger partial charge in [0.2, 0.25) is 0 Å². The second-order valence-corrected chi connectivity index (χ2v) is 4.66. The zero-order valence-electron chi connectivity index (χ0n) is 6.06. The Kier molecular flexibility index (Phi) is 0.574. The van der Waals surface area contributed by atoms with Crippen molar-refractivity contribution in [3.63, 3.8) is 0 Å². The van der Waals surface area contributed by atoms with Crippen LogP contribution in [0.1, 0.15) is 32.6 Å². The first-order chi connectivity index (χ1) is 4.30. The molecule has 4 saturated carbocycles. The second kappa shape index (κ2) is 1.09. The van der Waals surface area contributed by atoms with Crippen LogP contribution in [0.4, 0.5) is 0 Å². The average Bonchev–Trinajstić information content (AvgIpc) is 1.83. The van der Waals surface area contributed by atoms with E-state index >= 15 is 0 Å². The van der Waals surface area contributed by atoms with Gasteiger partial charge in [0.05, 0.1) is 0 Å². The molecule has 0 aromatic carbocycles. The van der Waals surface area contributed by atoms with Crippen LogP contribution in [0.2, 0.25) is 0 Å². The largest absolute Gasteiger partial charge is 0.0594 e. The standard InChI is InChI=1S/C9H14/c1-9-3-2-6-4-8(9)7(6)5-9/h6-8H,2-5H2,1H3. The average molecular weight is 122 g/mol. The Labute approximate surface area is 56.6 Å². The number of hydrogen-bond donors (Lipinski definition) is 0. The van der Waals surface area contributed by atoms with Gasteiger partial charge in [-0.2, -0.15) is 0 Å². The van der Waals surface area contributed by atoms with Gasteiger partial charge in [-0.1, -0.05) is 6.92 Å². The SMILES string of the molecule is CC12CCC3CC1C3C2. The van der Waals surface area contributed by atoms with Gasteiger partial charge in [-0.25, -0.2) is 0 Å². The highest BCUT2D eigenvalue weighted by Crippen LogP contribution is 2.71. The Morgan fingerprint density at radius 1 is 1.44 bits per heavy atom. The first-order valence-electron chi connectivity index (χ1n) is 4.30. The maximum Gasteiger partial charge on any atom is -0.0292 e. The molecule has 4 aliphatic carbocycles. The van der Waals surface area contributed by atoms with Crippen LogP contribution in [0.15, 0.2) is 0 Å². The first kappa shape index (κ1) is 4.76. The fraction of sp³-hybridized carbons (Fsp3) is 1.00. The number of fused-ring (bicyclic) bond motifs is 1. The lowest BCUT2D eigenvalue weighted by Crippen LogP contribution is -2.61. The molecule has 0 heteroatoms. The van der Waals surface area contributed by atoms with E-state index in [1.807, 2.05) is 0 Å². The summed E-state index contributed by atoms with van der Waals surface area (Å²) in [5.41, 5.74) is 0.847. The van der Waals surface area contributed by atoms with Crippen molar-refractivity contribution in [3.05, 3.63) is 0 Å². The predicted octanol–water partition coefficient (Wildman–Crippen LogP) is 2.44. The van der Waals surface area contributed by atoms with Crippen LogP contribution >= 0.6 is 0 Å². The van der Waals surface area contributed by atoms with E-state index in [1.165, 1.54) is 17.8 Å². The molecule has 4 unspecified atom stereocenters. The Balaban J connectivity index is 1.98. The normalized spacial score (nSPS) is 68.3. The van der Waals surface area contributed by atoms with Crippen LogP contribution in [-0.4, -0.2) is 0 Å². The minimum absolute atomic E-state index is 0.847. The minimum Gasteiger partial charge on any atom is -0.0594 e. The third kappa shape index (κ3) is 0.342. The molecule has 4 aliphatic rings. The number of rotatable bonds is 0. The molecule has 4 bridgehead atoms. The summed E-state index contributed by atoms with van der Waals surface area (Å²) in [6.07, 6.45) is 6.31. The van der Waals surface area contributed by atoms with Gasteiger partial charge in [-0.15, -0.1) is 0 Å². The fourth-order valence-electron chi connectivity index (χ4n) is 3.58. The Morgan fingerprint density at radius 2 is 2.33 bits per heavy atom.